The van der Waals surface area contributed by atoms with Gasteiger partial charge in [0.2, 0.25) is 0 Å². The van der Waals surface area contributed by atoms with Gasteiger partial charge in [0.05, 0.1) is 47.2 Å². The van der Waals surface area contributed by atoms with Gasteiger partial charge in [0.25, 0.3) is 5.91 Å². The Balaban J connectivity index is 1.47. The molecule has 0 radical (unpaired) electrons. The number of anilines is 1. The summed E-state index contributed by atoms with van der Waals surface area (Å²) in [5.74, 6) is -0.138. The third kappa shape index (κ3) is 3.56. The Morgan fingerprint density at radius 3 is 2.92 bits per heavy atom. The van der Waals surface area contributed by atoms with E-state index in [1.807, 2.05) is 41.9 Å². The van der Waals surface area contributed by atoms with Crippen molar-refractivity contribution in [2.45, 2.75) is 44.9 Å². The van der Waals surface area contributed by atoms with Crippen molar-refractivity contribution in [2.75, 3.05) is 12.8 Å². The van der Waals surface area contributed by atoms with Gasteiger partial charge in [0, 0.05) is 25.6 Å². The Morgan fingerprint density at radius 1 is 1.25 bits per heavy atom. The largest absolute Gasteiger partial charge is 0.382 e. The third-order valence-electron chi connectivity index (χ3n) is 7.10. The Bertz CT molecular complexity index is 1590. The van der Waals surface area contributed by atoms with Crippen LogP contribution in [-0.2, 0) is 11.3 Å². The molecule has 0 aliphatic heterocycles. The number of carbonyl (C=O) groups excluding carboxylic acids is 1. The van der Waals surface area contributed by atoms with Gasteiger partial charge in [-0.25, -0.2) is 19.3 Å². The van der Waals surface area contributed by atoms with Gasteiger partial charge in [-0.1, -0.05) is 6.07 Å². The molecule has 0 saturated heterocycles. The molecule has 2 N–H and O–H groups in total. The van der Waals surface area contributed by atoms with E-state index < -0.39 is 11.7 Å². The van der Waals surface area contributed by atoms with Crippen LogP contribution in [0.15, 0.2) is 48.9 Å². The fourth-order valence-corrected chi connectivity index (χ4v) is 5.37. The number of hydrogen-bond acceptors (Lipinski definition) is 6. The lowest BCUT2D eigenvalue weighted by molar-refractivity contribution is 0.0242. The molecule has 1 aromatic carbocycles. The standard InChI is InChI=1S/C26H26FN7O2/c1-15-29-12-22-25(28)31-19-11-18(27)17(10-21(19)34(15)22)26(35)33(20-6-5-7-23(20)36-2)14-16-13-32-9-4-3-8-24(32)30-16/h3-4,8-13,20,23H,5-7,14H2,1-2H3,(H2,28,31). The predicted octanol–water partition coefficient (Wildman–Crippen LogP) is 3.77. The first-order valence-corrected chi connectivity index (χ1v) is 11.9. The van der Waals surface area contributed by atoms with E-state index in [-0.39, 0.29) is 30.1 Å². The van der Waals surface area contributed by atoms with E-state index in [2.05, 4.69) is 15.0 Å². The second-order valence-electron chi connectivity index (χ2n) is 9.25. The molecule has 1 saturated carbocycles. The molecule has 4 heterocycles. The number of rotatable bonds is 5. The fraction of sp³-hybridized carbons (Fsp3) is 0.308. The maximum atomic E-state index is 15.5. The van der Waals surface area contributed by atoms with Crippen molar-refractivity contribution in [3.05, 3.63) is 71.8 Å². The van der Waals surface area contributed by atoms with E-state index in [1.54, 1.807) is 28.7 Å². The average Bonchev–Trinajstić information content (AvgIpc) is 3.60. The normalized spacial score (nSPS) is 18.0. The van der Waals surface area contributed by atoms with Crippen molar-refractivity contribution in [3.8, 4) is 0 Å². The predicted molar refractivity (Wildman–Crippen MR) is 133 cm³/mol. The highest BCUT2D eigenvalue weighted by Crippen LogP contribution is 2.31. The molecule has 1 aliphatic rings. The van der Waals surface area contributed by atoms with Crippen LogP contribution in [0.2, 0.25) is 0 Å². The Hall–Kier alpha value is -4.05. The summed E-state index contributed by atoms with van der Waals surface area (Å²) in [4.78, 5) is 29.1. The second-order valence-corrected chi connectivity index (χ2v) is 9.25. The minimum absolute atomic E-state index is 0.0333. The van der Waals surface area contributed by atoms with Gasteiger partial charge in [-0.05, 0) is 44.4 Å². The summed E-state index contributed by atoms with van der Waals surface area (Å²) in [6, 6.07) is 8.36. The minimum atomic E-state index is -0.650. The monoisotopic (exact) mass is 487 g/mol. The van der Waals surface area contributed by atoms with Crippen LogP contribution in [0.3, 0.4) is 0 Å². The molecule has 5 aromatic rings. The number of methoxy groups -OCH3 is 1. The first-order chi connectivity index (χ1) is 17.4. The van der Waals surface area contributed by atoms with Crippen molar-refractivity contribution in [2.24, 2.45) is 0 Å². The number of pyridine rings is 1. The van der Waals surface area contributed by atoms with Crippen LogP contribution in [0.1, 0.15) is 41.1 Å². The van der Waals surface area contributed by atoms with Crippen molar-refractivity contribution in [3.63, 3.8) is 0 Å². The molecular weight excluding hydrogens is 461 g/mol. The van der Waals surface area contributed by atoms with Crippen LogP contribution >= 0.6 is 0 Å². The quantitative estimate of drug-likeness (QED) is 0.405. The van der Waals surface area contributed by atoms with E-state index >= 15 is 4.39 Å². The number of imidazole rings is 2. The second kappa shape index (κ2) is 8.56. The summed E-state index contributed by atoms with van der Waals surface area (Å²) in [7, 11) is 1.65. The molecule has 9 nitrogen and oxygen atoms in total. The lowest BCUT2D eigenvalue weighted by Crippen LogP contribution is -2.45. The fourth-order valence-electron chi connectivity index (χ4n) is 5.37. The summed E-state index contributed by atoms with van der Waals surface area (Å²) in [5, 5.41) is 0. The minimum Gasteiger partial charge on any atom is -0.382 e. The number of carbonyl (C=O) groups is 1. The van der Waals surface area contributed by atoms with E-state index in [1.165, 1.54) is 6.07 Å². The molecule has 4 aromatic heterocycles. The Labute approximate surface area is 206 Å². The van der Waals surface area contributed by atoms with E-state index in [4.69, 9.17) is 10.5 Å². The summed E-state index contributed by atoms with van der Waals surface area (Å²) in [5.41, 5.74) is 9.09. The van der Waals surface area contributed by atoms with Crippen LogP contribution in [0.5, 0.6) is 0 Å². The highest BCUT2D eigenvalue weighted by atomic mass is 19.1. The van der Waals surface area contributed by atoms with Crippen molar-refractivity contribution in [1.29, 1.82) is 0 Å². The van der Waals surface area contributed by atoms with Crippen LogP contribution < -0.4 is 5.73 Å². The molecule has 2 unspecified atom stereocenters. The molecule has 1 amide bonds. The summed E-state index contributed by atoms with van der Waals surface area (Å²) >= 11 is 0. The van der Waals surface area contributed by atoms with E-state index in [9.17, 15) is 4.79 Å². The molecule has 36 heavy (non-hydrogen) atoms. The molecule has 1 fully saturated rings. The van der Waals surface area contributed by atoms with Gasteiger partial charge in [-0.2, -0.15) is 0 Å². The highest BCUT2D eigenvalue weighted by molar-refractivity contribution is 5.98. The molecule has 184 valence electrons. The average molecular weight is 488 g/mol. The molecule has 6 rings (SSSR count). The zero-order valence-corrected chi connectivity index (χ0v) is 20.1. The number of aryl methyl sites for hydroxylation is 1. The first-order valence-electron chi connectivity index (χ1n) is 11.9. The summed E-state index contributed by atoms with van der Waals surface area (Å²) < 4.78 is 24.9. The van der Waals surface area contributed by atoms with Crippen LogP contribution in [0, 0.1) is 12.7 Å². The number of nitrogens with zero attached hydrogens (tertiary/aromatic N) is 6. The molecular formula is C26H26FN7O2. The molecule has 10 heteroatoms. The van der Waals surface area contributed by atoms with Crippen LogP contribution in [-0.4, -0.2) is 53.8 Å². The SMILES string of the molecule is COC1CCCC1N(Cc1cn2ccccc2n1)C(=O)c1cc2c(cc1F)nc(N)c1cnc(C)n12. The topological polar surface area (TPSA) is 103 Å². The van der Waals surface area contributed by atoms with E-state index in [0.717, 1.165) is 30.6 Å². The summed E-state index contributed by atoms with van der Waals surface area (Å²) in [6.07, 6.45) is 7.85. The van der Waals surface area contributed by atoms with Crippen molar-refractivity contribution in [1.82, 2.24) is 28.7 Å². The zero-order valence-electron chi connectivity index (χ0n) is 20.1. The van der Waals surface area contributed by atoms with Crippen LogP contribution in [0.4, 0.5) is 10.2 Å². The van der Waals surface area contributed by atoms with Crippen molar-refractivity contribution < 1.29 is 13.9 Å². The molecule has 0 bridgehead atoms. The van der Waals surface area contributed by atoms with Gasteiger partial charge in [-0.3, -0.25) is 9.20 Å². The smallest absolute Gasteiger partial charge is 0.257 e. The number of nitrogen functional groups attached to an aromatic ring is 1. The molecule has 1 aliphatic carbocycles. The summed E-state index contributed by atoms with van der Waals surface area (Å²) in [6.45, 7) is 2.07. The van der Waals surface area contributed by atoms with Gasteiger partial charge in [0.1, 0.15) is 28.6 Å². The van der Waals surface area contributed by atoms with E-state index in [0.29, 0.717) is 22.4 Å². The lowest BCUT2D eigenvalue weighted by Gasteiger charge is -2.32. The number of ether oxygens (including phenoxy) is 1. The number of halogens is 1. The molecule has 0 spiro atoms. The maximum absolute atomic E-state index is 15.5. The number of nitrogens with two attached hydrogens (primary N) is 1. The third-order valence-corrected chi connectivity index (χ3v) is 7.10. The Kier molecular flexibility index (Phi) is 5.33. The lowest BCUT2D eigenvalue weighted by atomic mass is 10.1. The van der Waals surface area contributed by atoms with Gasteiger partial charge >= 0.3 is 0 Å². The number of benzene rings is 1. The number of hydrogen-bond donors (Lipinski definition) is 1. The maximum Gasteiger partial charge on any atom is 0.257 e. The van der Waals surface area contributed by atoms with Gasteiger partial charge < -0.3 is 19.8 Å². The van der Waals surface area contributed by atoms with Gasteiger partial charge in [0.15, 0.2) is 0 Å². The van der Waals surface area contributed by atoms with Crippen LogP contribution in [0.25, 0.3) is 22.2 Å². The number of aromatic nitrogens is 5. The Morgan fingerprint density at radius 2 is 2.11 bits per heavy atom. The first kappa shape index (κ1) is 22.4. The molecule has 2 atom stereocenters. The highest BCUT2D eigenvalue weighted by Gasteiger charge is 2.36. The zero-order chi connectivity index (χ0) is 25.0. The van der Waals surface area contributed by atoms with Gasteiger partial charge in [-0.15, -0.1) is 0 Å². The number of amides is 1. The number of fused-ring (bicyclic) bond motifs is 4. The van der Waals surface area contributed by atoms with Crippen molar-refractivity contribution >= 4 is 33.9 Å².